The van der Waals surface area contributed by atoms with Gasteiger partial charge >= 0.3 is 0 Å². The van der Waals surface area contributed by atoms with Crippen LogP contribution in [0.5, 0.6) is 0 Å². The van der Waals surface area contributed by atoms with Crippen LogP contribution < -0.4 is 4.90 Å². The highest BCUT2D eigenvalue weighted by Crippen LogP contribution is 2.41. The van der Waals surface area contributed by atoms with E-state index in [0.717, 1.165) is 36.2 Å². The summed E-state index contributed by atoms with van der Waals surface area (Å²) in [4.78, 5) is 2.38. The Morgan fingerprint density at radius 2 is 1.28 bits per heavy atom. The van der Waals surface area contributed by atoms with Gasteiger partial charge in [0.15, 0.2) is 0 Å². The number of hydrogen-bond acceptors (Lipinski definition) is 1. The molecule has 0 heterocycles. The minimum atomic E-state index is -0.178. The highest BCUT2D eigenvalue weighted by atomic mass is 15.1. The maximum atomic E-state index is 4.06. The Morgan fingerprint density at radius 3 is 1.74 bits per heavy atom. The molecule has 1 nitrogen and oxygen atoms in total. The minimum Gasteiger partial charge on any atom is -0.311 e. The number of allylic oxidation sites excluding steroid dienone is 8. The molecular formula is C45H59N. The lowest BCUT2D eigenvalue weighted by Gasteiger charge is -2.32. The van der Waals surface area contributed by atoms with Crippen molar-refractivity contribution in [1.82, 2.24) is 0 Å². The summed E-state index contributed by atoms with van der Waals surface area (Å²) in [6.45, 7) is 28.2. The van der Waals surface area contributed by atoms with Crippen molar-refractivity contribution in [1.29, 1.82) is 0 Å². The lowest BCUT2D eigenvalue weighted by atomic mass is 9.74. The average Bonchev–Trinajstić information content (AvgIpc) is 3.06. The summed E-state index contributed by atoms with van der Waals surface area (Å²) in [6.07, 6.45) is 18.4. The van der Waals surface area contributed by atoms with Crippen molar-refractivity contribution < 1.29 is 0 Å². The predicted octanol–water partition coefficient (Wildman–Crippen LogP) is 13.7. The minimum absolute atomic E-state index is 0.00386. The monoisotopic (exact) mass is 613 g/mol. The molecule has 46 heavy (non-hydrogen) atoms. The second-order valence-electron chi connectivity index (χ2n) is 14.2. The van der Waals surface area contributed by atoms with Crippen LogP contribution in [-0.2, 0) is 17.3 Å². The van der Waals surface area contributed by atoms with Crippen LogP contribution in [0.25, 0.3) is 0 Å². The van der Waals surface area contributed by atoms with Crippen molar-refractivity contribution in [2.45, 2.75) is 105 Å². The Labute approximate surface area is 282 Å². The van der Waals surface area contributed by atoms with Crippen LogP contribution in [0.3, 0.4) is 0 Å². The molecule has 0 radical (unpaired) electrons. The van der Waals surface area contributed by atoms with E-state index in [4.69, 9.17) is 0 Å². The van der Waals surface area contributed by atoms with Crippen molar-refractivity contribution in [2.24, 2.45) is 5.41 Å². The molecule has 0 spiro atoms. The van der Waals surface area contributed by atoms with Gasteiger partial charge in [-0.15, -0.1) is 0 Å². The summed E-state index contributed by atoms with van der Waals surface area (Å²) in [6, 6.07) is 27.4. The SMILES string of the molecule is C=C/C=C(\C=C)C(C)(C)c1ccc(N(c2ccc(CC(C)(C)CCC)cc2)c2ccc(C(C)(C)C3=CC=CCC3)cc2)cc1.CC. The van der Waals surface area contributed by atoms with E-state index in [0.29, 0.717) is 5.41 Å². The van der Waals surface area contributed by atoms with E-state index in [-0.39, 0.29) is 10.8 Å². The Balaban J connectivity index is 0.00000282. The second kappa shape index (κ2) is 16.1. The topological polar surface area (TPSA) is 3.24 Å². The van der Waals surface area contributed by atoms with Crippen LogP contribution in [-0.4, -0.2) is 0 Å². The lowest BCUT2D eigenvalue weighted by molar-refractivity contribution is 0.329. The van der Waals surface area contributed by atoms with Gasteiger partial charge in [-0.05, 0) is 89.8 Å². The molecule has 0 bridgehead atoms. The molecular weight excluding hydrogens is 555 g/mol. The Bertz CT molecular complexity index is 1500. The van der Waals surface area contributed by atoms with Gasteiger partial charge in [-0.2, -0.15) is 0 Å². The Morgan fingerprint density at radius 1 is 0.761 bits per heavy atom. The van der Waals surface area contributed by atoms with E-state index in [1.54, 1.807) is 0 Å². The molecule has 1 aliphatic carbocycles. The summed E-state index contributed by atoms with van der Waals surface area (Å²) < 4.78 is 0. The molecule has 0 saturated heterocycles. The van der Waals surface area contributed by atoms with E-state index >= 15 is 0 Å². The normalized spacial score (nSPS) is 13.8. The third kappa shape index (κ3) is 8.69. The third-order valence-electron chi connectivity index (χ3n) is 9.55. The average molecular weight is 614 g/mol. The van der Waals surface area contributed by atoms with Crippen molar-refractivity contribution in [2.75, 3.05) is 4.90 Å². The fraction of sp³-hybridized carbons (Fsp3) is 0.378. The predicted molar refractivity (Wildman–Crippen MR) is 206 cm³/mol. The molecule has 0 fully saturated rings. The van der Waals surface area contributed by atoms with Gasteiger partial charge in [0.05, 0.1) is 0 Å². The van der Waals surface area contributed by atoms with Crippen LogP contribution >= 0.6 is 0 Å². The van der Waals surface area contributed by atoms with E-state index in [1.807, 2.05) is 26.0 Å². The quantitative estimate of drug-likeness (QED) is 0.173. The highest BCUT2D eigenvalue weighted by molar-refractivity contribution is 5.77. The van der Waals surface area contributed by atoms with Crippen molar-refractivity contribution >= 4 is 17.1 Å². The van der Waals surface area contributed by atoms with Gasteiger partial charge < -0.3 is 4.90 Å². The van der Waals surface area contributed by atoms with Gasteiger partial charge in [0.2, 0.25) is 0 Å². The van der Waals surface area contributed by atoms with E-state index in [9.17, 15) is 0 Å². The molecule has 0 amide bonds. The van der Waals surface area contributed by atoms with E-state index in [2.05, 4.69) is 164 Å². The van der Waals surface area contributed by atoms with Crippen molar-refractivity contribution in [3.05, 3.63) is 150 Å². The number of benzene rings is 3. The van der Waals surface area contributed by atoms with Crippen molar-refractivity contribution in [3.63, 3.8) is 0 Å². The summed E-state index contributed by atoms with van der Waals surface area (Å²) in [5, 5.41) is 0. The summed E-state index contributed by atoms with van der Waals surface area (Å²) >= 11 is 0. The first-order valence-electron chi connectivity index (χ1n) is 17.3. The zero-order valence-electron chi connectivity index (χ0n) is 30.3. The first-order chi connectivity index (χ1) is 21.9. The number of rotatable bonds is 13. The molecule has 0 N–H and O–H groups in total. The van der Waals surface area contributed by atoms with E-state index < -0.39 is 0 Å². The van der Waals surface area contributed by atoms with Crippen LogP contribution in [0.2, 0.25) is 0 Å². The largest absolute Gasteiger partial charge is 0.311 e. The van der Waals surface area contributed by atoms with Gasteiger partial charge in [-0.3, -0.25) is 0 Å². The fourth-order valence-corrected chi connectivity index (χ4v) is 6.72. The van der Waals surface area contributed by atoms with Gasteiger partial charge in [0.25, 0.3) is 0 Å². The number of hydrogen-bond donors (Lipinski definition) is 0. The zero-order chi connectivity index (χ0) is 34.0. The van der Waals surface area contributed by atoms with Crippen LogP contribution in [0.1, 0.15) is 105 Å². The maximum Gasteiger partial charge on any atom is 0.0461 e. The molecule has 1 heteroatoms. The molecule has 4 rings (SSSR count). The molecule has 3 aromatic carbocycles. The molecule has 3 aromatic rings. The lowest BCUT2D eigenvalue weighted by Crippen LogP contribution is -2.21. The Hall–Kier alpha value is -3.84. The number of anilines is 3. The standard InChI is InChI=1S/C43H53N.C2H6/c1-10-16-34(12-3)42(6,7)36-21-27-39(28-22-36)44(38-25-19-33(20-26-38)32-41(4,5)31-11-2)40-29-23-37(24-30-40)43(8,9)35-17-14-13-15-18-35;1-2/h10,12-14,16-17,19-30H,1,3,11,15,18,31-32H2,2,4-9H3;1-2H3/b34-16+;. The highest BCUT2D eigenvalue weighted by Gasteiger charge is 2.27. The van der Waals surface area contributed by atoms with Crippen molar-refractivity contribution in [3.8, 4) is 0 Å². The van der Waals surface area contributed by atoms with Crippen LogP contribution in [0.15, 0.2) is 134 Å². The molecule has 1 aliphatic rings. The fourth-order valence-electron chi connectivity index (χ4n) is 6.72. The maximum absolute atomic E-state index is 4.06. The molecule has 0 unspecified atom stereocenters. The van der Waals surface area contributed by atoms with Crippen LogP contribution in [0, 0.1) is 5.41 Å². The van der Waals surface area contributed by atoms with Gasteiger partial charge in [0.1, 0.15) is 0 Å². The van der Waals surface area contributed by atoms with Gasteiger partial charge in [-0.25, -0.2) is 0 Å². The first kappa shape index (κ1) is 36.6. The van der Waals surface area contributed by atoms with E-state index in [1.165, 1.54) is 40.8 Å². The third-order valence-corrected chi connectivity index (χ3v) is 9.55. The molecule has 0 aliphatic heterocycles. The molecule has 244 valence electrons. The molecule has 0 saturated carbocycles. The smallest absolute Gasteiger partial charge is 0.0461 e. The van der Waals surface area contributed by atoms with Gasteiger partial charge in [-0.1, -0.05) is 160 Å². The summed E-state index contributed by atoms with van der Waals surface area (Å²) in [5.74, 6) is 0. The Kier molecular flexibility index (Phi) is 12.8. The first-order valence-corrected chi connectivity index (χ1v) is 17.3. The zero-order valence-corrected chi connectivity index (χ0v) is 30.3. The number of nitrogens with zero attached hydrogens (tertiary/aromatic N) is 1. The second-order valence-corrected chi connectivity index (χ2v) is 14.2. The summed E-state index contributed by atoms with van der Waals surface area (Å²) in [7, 11) is 0. The summed E-state index contributed by atoms with van der Waals surface area (Å²) in [5.41, 5.74) is 10.2. The van der Waals surface area contributed by atoms with Crippen LogP contribution in [0.4, 0.5) is 17.1 Å². The molecule has 0 atom stereocenters. The van der Waals surface area contributed by atoms with Gasteiger partial charge in [0, 0.05) is 27.9 Å². The molecule has 0 aromatic heterocycles.